The van der Waals surface area contributed by atoms with Crippen molar-refractivity contribution in [1.82, 2.24) is 10.3 Å². The molecule has 1 atom stereocenters. The summed E-state index contributed by atoms with van der Waals surface area (Å²) >= 11 is 0. The molecule has 1 amide bonds. The second kappa shape index (κ2) is 8.94. The van der Waals surface area contributed by atoms with Crippen molar-refractivity contribution >= 4 is 5.91 Å². The number of halogens is 4. The van der Waals surface area contributed by atoms with E-state index in [1.807, 2.05) is 0 Å². The van der Waals surface area contributed by atoms with Gasteiger partial charge in [0.05, 0.1) is 12.6 Å². The molecule has 0 spiro atoms. The Morgan fingerprint density at radius 1 is 1.18 bits per heavy atom. The quantitative estimate of drug-likeness (QED) is 0.474. The number of aliphatic hydroxyl groups excluding tert-OH is 1. The number of rotatable bonds is 6. The molecule has 172 valence electrons. The van der Waals surface area contributed by atoms with Crippen LogP contribution in [0.3, 0.4) is 0 Å². The van der Waals surface area contributed by atoms with Crippen LogP contribution < -0.4 is 5.32 Å². The molecule has 3 aromatic rings. The van der Waals surface area contributed by atoms with Crippen LogP contribution in [-0.4, -0.2) is 16.0 Å². The van der Waals surface area contributed by atoms with Crippen LogP contribution >= 0.6 is 0 Å². The van der Waals surface area contributed by atoms with Crippen molar-refractivity contribution in [3.05, 3.63) is 88.5 Å². The predicted molar refractivity (Wildman–Crippen MR) is 115 cm³/mol. The minimum Gasteiger partial charge on any atom is -0.392 e. The predicted octanol–water partition coefficient (Wildman–Crippen LogP) is 5.59. The highest BCUT2D eigenvalue weighted by Gasteiger charge is 2.36. The van der Waals surface area contributed by atoms with Crippen LogP contribution in [0, 0.1) is 18.7 Å². The van der Waals surface area contributed by atoms with Gasteiger partial charge >= 0.3 is 6.18 Å². The van der Waals surface area contributed by atoms with Crippen molar-refractivity contribution in [2.75, 3.05) is 0 Å². The van der Waals surface area contributed by atoms with Gasteiger partial charge in [-0.2, -0.15) is 13.2 Å². The summed E-state index contributed by atoms with van der Waals surface area (Å²) in [5, 5.41) is 12.6. The van der Waals surface area contributed by atoms with E-state index in [0.717, 1.165) is 24.6 Å². The van der Waals surface area contributed by atoms with Crippen molar-refractivity contribution in [2.45, 2.75) is 38.6 Å². The first-order valence-electron chi connectivity index (χ1n) is 10.5. The number of amides is 1. The zero-order chi connectivity index (χ0) is 23.8. The maximum atomic E-state index is 13.7. The number of alkyl halides is 3. The van der Waals surface area contributed by atoms with Crippen LogP contribution in [0.1, 0.15) is 51.6 Å². The fraction of sp³-hybridized carbons (Fsp3) is 0.280. The Balaban J connectivity index is 1.69. The van der Waals surface area contributed by atoms with E-state index in [1.54, 1.807) is 19.1 Å². The third-order valence-corrected chi connectivity index (χ3v) is 5.75. The number of pyridine rings is 1. The molecule has 0 bridgehead atoms. The fourth-order valence-electron chi connectivity index (χ4n) is 3.92. The van der Waals surface area contributed by atoms with Crippen LogP contribution in [0.25, 0.3) is 11.1 Å². The Labute approximate surface area is 188 Å². The molecule has 1 saturated carbocycles. The largest absolute Gasteiger partial charge is 0.433 e. The van der Waals surface area contributed by atoms with Gasteiger partial charge in [-0.05, 0) is 78.3 Å². The zero-order valence-electron chi connectivity index (χ0n) is 17.8. The molecule has 2 aromatic carbocycles. The summed E-state index contributed by atoms with van der Waals surface area (Å²) < 4.78 is 54.1. The van der Waals surface area contributed by atoms with Gasteiger partial charge in [-0.15, -0.1) is 0 Å². The van der Waals surface area contributed by atoms with E-state index >= 15 is 0 Å². The molecule has 33 heavy (non-hydrogen) atoms. The SMILES string of the molecule is Cc1cc([C@@H](NC(=O)c2cc(CO)cc(-c3cccnc3C(F)(F)F)c2)C2CC2)ccc1F. The highest BCUT2D eigenvalue weighted by atomic mass is 19.4. The lowest BCUT2D eigenvalue weighted by molar-refractivity contribution is -0.140. The van der Waals surface area contributed by atoms with Crippen molar-refractivity contribution in [2.24, 2.45) is 5.92 Å². The Morgan fingerprint density at radius 2 is 1.94 bits per heavy atom. The molecule has 1 aliphatic rings. The molecule has 0 saturated heterocycles. The number of carbonyl (C=O) groups is 1. The van der Waals surface area contributed by atoms with Gasteiger partial charge in [-0.1, -0.05) is 18.2 Å². The van der Waals surface area contributed by atoms with Crippen LogP contribution in [0.15, 0.2) is 54.7 Å². The van der Waals surface area contributed by atoms with Crippen LogP contribution in [0.5, 0.6) is 0 Å². The van der Waals surface area contributed by atoms with E-state index in [0.29, 0.717) is 11.1 Å². The van der Waals surface area contributed by atoms with Gasteiger partial charge in [0.15, 0.2) is 5.69 Å². The molecule has 8 heteroatoms. The standard InChI is InChI=1S/C25H22F4N2O2/c1-14-9-17(6-7-21(14)26)22(16-4-5-16)31-24(33)19-11-15(13-32)10-18(12-19)20-3-2-8-30-23(20)25(27,28)29/h2-3,6-12,16,22,32H,4-5,13H2,1H3,(H,31,33)/t22-/m0/s1. The van der Waals surface area contributed by atoms with Gasteiger partial charge in [0.25, 0.3) is 5.91 Å². The normalized spacial score (nSPS) is 14.7. The molecule has 1 heterocycles. The zero-order valence-corrected chi connectivity index (χ0v) is 17.8. The minimum atomic E-state index is -4.67. The van der Waals surface area contributed by atoms with E-state index in [4.69, 9.17) is 0 Å². The van der Waals surface area contributed by atoms with Gasteiger partial charge in [0, 0.05) is 17.3 Å². The molecule has 4 rings (SSSR count). The number of nitrogens with one attached hydrogen (secondary N) is 1. The smallest absolute Gasteiger partial charge is 0.392 e. The number of aliphatic hydroxyl groups is 1. The summed E-state index contributed by atoms with van der Waals surface area (Å²) in [5.74, 6) is -0.616. The number of hydrogen-bond donors (Lipinski definition) is 2. The van der Waals surface area contributed by atoms with E-state index in [1.165, 1.54) is 36.4 Å². The van der Waals surface area contributed by atoms with Gasteiger partial charge in [0.1, 0.15) is 5.82 Å². The first kappa shape index (κ1) is 22.9. The summed E-state index contributed by atoms with van der Waals surface area (Å²) in [6.45, 7) is 1.20. The van der Waals surface area contributed by atoms with E-state index in [-0.39, 0.29) is 34.5 Å². The monoisotopic (exact) mass is 458 g/mol. The molecule has 0 aliphatic heterocycles. The van der Waals surface area contributed by atoms with Crippen molar-refractivity contribution < 1.29 is 27.5 Å². The Kier molecular flexibility index (Phi) is 6.21. The molecular formula is C25H22F4N2O2. The average molecular weight is 458 g/mol. The summed E-state index contributed by atoms with van der Waals surface area (Å²) in [5.41, 5.74) is 0.551. The Bertz CT molecular complexity index is 1190. The molecule has 0 radical (unpaired) electrons. The van der Waals surface area contributed by atoms with Crippen molar-refractivity contribution in [3.8, 4) is 11.1 Å². The molecule has 4 nitrogen and oxygen atoms in total. The van der Waals surface area contributed by atoms with Crippen LogP contribution in [0.2, 0.25) is 0 Å². The maximum Gasteiger partial charge on any atom is 0.433 e. The fourth-order valence-corrected chi connectivity index (χ4v) is 3.92. The second-order valence-corrected chi connectivity index (χ2v) is 8.27. The van der Waals surface area contributed by atoms with E-state index < -0.39 is 24.4 Å². The Morgan fingerprint density at radius 3 is 2.58 bits per heavy atom. The number of aromatic nitrogens is 1. The minimum absolute atomic E-state index is 0.123. The Hall–Kier alpha value is -3.26. The maximum absolute atomic E-state index is 13.7. The summed E-state index contributed by atoms with van der Waals surface area (Å²) in [6.07, 6.45) is -1.80. The number of hydrogen-bond acceptors (Lipinski definition) is 3. The van der Waals surface area contributed by atoms with E-state index in [9.17, 15) is 27.5 Å². The van der Waals surface area contributed by atoms with Gasteiger partial charge in [-0.25, -0.2) is 4.39 Å². The third-order valence-electron chi connectivity index (χ3n) is 5.75. The molecule has 1 aliphatic carbocycles. The number of benzene rings is 2. The highest BCUT2D eigenvalue weighted by molar-refractivity contribution is 5.96. The topological polar surface area (TPSA) is 62.2 Å². The lowest BCUT2D eigenvalue weighted by Crippen LogP contribution is -2.30. The summed E-state index contributed by atoms with van der Waals surface area (Å²) in [7, 11) is 0. The van der Waals surface area contributed by atoms with Gasteiger partial charge < -0.3 is 10.4 Å². The van der Waals surface area contributed by atoms with E-state index in [2.05, 4.69) is 10.3 Å². The molecule has 0 unspecified atom stereocenters. The summed E-state index contributed by atoms with van der Waals surface area (Å²) in [4.78, 5) is 16.6. The van der Waals surface area contributed by atoms with Crippen molar-refractivity contribution in [1.29, 1.82) is 0 Å². The highest BCUT2D eigenvalue weighted by Crippen LogP contribution is 2.42. The van der Waals surface area contributed by atoms with Crippen LogP contribution in [-0.2, 0) is 12.8 Å². The van der Waals surface area contributed by atoms with Gasteiger partial charge in [-0.3, -0.25) is 9.78 Å². The first-order valence-corrected chi connectivity index (χ1v) is 10.5. The molecular weight excluding hydrogens is 436 g/mol. The molecule has 1 fully saturated rings. The second-order valence-electron chi connectivity index (χ2n) is 8.27. The first-order chi connectivity index (χ1) is 15.7. The van der Waals surface area contributed by atoms with Crippen molar-refractivity contribution in [3.63, 3.8) is 0 Å². The molecule has 2 N–H and O–H groups in total. The lowest BCUT2D eigenvalue weighted by atomic mass is 9.97. The lowest BCUT2D eigenvalue weighted by Gasteiger charge is -2.20. The third kappa shape index (κ3) is 5.06. The summed E-state index contributed by atoms with van der Waals surface area (Å²) in [6, 6.07) is 11.2. The molecule has 1 aromatic heterocycles. The number of nitrogens with zero attached hydrogens (tertiary/aromatic N) is 1. The van der Waals surface area contributed by atoms with Crippen LogP contribution in [0.4, 0.5) is 17.6 Å². The number of carbonyl (C=O) groups excluding carboxylic acids is 1. The average Bonchev–Trinajstić information content (AvgIpc) is 3.63. The number of aryl methyl sites for hydroxylation is 1. The van der Waals surface area contributed by atoms with Gasteiger partial charge in [0.2, 0.25) is 0 Å².